The average molecular weight is 341 g/mol. The first-order valence-corrected chi connectivity index (χ1v) is 7.58. The highest BCUT2D eigenvalue weighted by molar-refractivity contribution is 6.05. The van der Waals surface area contributed by atoms with Crippen LogP contribution < -0.4 is 14.8 Å². The number of imide groups is 1. The normalized spacial score (nSPS) is 15.1. The maximum Gasteiger partial charge on any atom is 0.351 e. The van der Waals surface area contributed by atoms with Gasteiger partial charge in [-0.1, -0.05) is 30.3 Å². The second-order valence-corrected chi connectivity index (χ2v) is 5.22. The van der Waals surface area contributed by atoms with Gasteiger partial charge in [-0.15, -0.1) is 0 Å². The first kappa shape index (κ1) is 16.5. The molecule has 1 heterocycles. The van der Waals surface area contributed by atoms with Gasteiger partial charge in [-0.05, 0) is 24.3 Å². The van der Waals surface area contributed by atoms with Crippen LogP contribution in [0.1, 0.15) is 10.4 Å². The van der Waals surface area contributed by atoms with E-state index in [1.54, 1.807) is 54.6 Å². The van der Waals surface area contributed by atoms with Gasteiger partial charge < -0.3 is 14.2 Å². The highest BCUT2D eigenvalue weighted by Gasteiger charge is 2.29. The molecular formula is C18H15NO6. The van der Waals surface area contributed by atoms with Gasteiger partial charge in [0.1, 0.15) is 6.61 Å². The summed E-state index contributed by atoms with van der Waals surface area (Å²) < 4.78 is 15.8. The lowest BCUT2D eigenvalue weighted by Crippen LogP contribution is -2.40. The molecular weight excluding hydrogens is 326 g/mol. The lowest BCUT2D eigenvalue weighted by atomic mass is 10.2. The Labute approximate surface area is 143 Å². The van der Waals surface area contributed by atoms with Crippen molar-refractivity contribution in [2.24, 2.45) is 0 Å². The van der Waals surface area contributed by atoms with Gasteiger partial charge in [-0.2, -0.15) is 0 Å². The molecule has 7 nitrogen and oxygen atoms in total. The van der Waals surface area contributed by atoms with E-state index in [0.717, 1.165) is 0 Å². The fraction of sp³-hybridized carbons (Fsp3) is 0.167. The summed E-state index contributed by atoms with van der Waals surface area (Å²) in [5, 5.41) is 2.14. The van der Waals surface area contributed by atoms with E-state index in [4.69, 9.17) is 14.2 Å². The molecule has 0 fully saturated rings. The van der Waals surface area contributed by atoms with E-state index in [0.29, 0.717) is 17.1 Å². The van der Waals surface area contributed by atoms with Crippen molar-refractivity contribution in [1.82, 2.24) is 5.32 Å². The van der Waals surface area contributed by atoms with E-state index < -0.39 is 30.5 Å². The topological polar surface area (TPSA) is 90.9 Å². The number of ether oxygens (including phenoxy) is 3. The first-order valence-electron chi connectivity index (χ1n) is 7.58. The third-order valence-corrected chi connectivity index (χ3v) is 3.41. The number of nitrogens with one attached hydrogen (secondary N) is 1. The summed E-state index contributed by atoms with van der Waals surface area (Å²) in [4.78, 5) is 35.5. The van der Waals surface area contributed by atoms with E-state index in [9.17, 15) is 14.4 Å². The van der Waals surface area contributed by atoms with Crippen molar-refractivity contribution >= 4 is 17.8 Å². The highest BCUT2D eigenvalue weighted by atomic mass is 16.6. The van der Waals surface area contributed by atoms with Crippen LogP contribution in [0.4, 0.5) is 0 Å². The minimum Gasteiger partial charge on any atom is -0.485 e. The Kier molecular flexibility index (Phi) is 4.94. The van der Waals surface area contributed by atoms with Crippen molar-refractivity contribution in [3.8, 4) is 11.5 Å². The van der Waals surface area contributed by atoms with Crippen molar-refractivity contribution in [2.75, 3.05) is 13.2 Å². The van der Waals surface area contributed by atoms with Crippen LogP contribution in [0.15, 0.2) is 54.6 Å². The number of amides is 2. The van der Waals surface area contributed by atoms with Gasteiger partial charge in [0.2, 0.25) is 6.10 Å². The smallest absolute Gasteiger partial charge is 0.351 e. The maximum atomic E-state index is 12.0. The Bertz CT molecular complexity index is 789. The molecule has 1 N–H and O–H groups in total. The molecule has 0 saturated heterocycles. The Morgan fingerprint density at radius 3 is 2.44 bits per heavy atom. The second kappa shape index (κ2) is 7.48. The zero-order valence-corrected chi connectivity index (χ0v) is 13.1. The molecule has 1 atom stereocenters. The number of rotatable bonds is 4. The molecule has 3 rings (SSSR count). The molecule has 2 amide bonds. The number of carbonyl (C=O) groups excluding carboxylic acids is 3. The summed E-state index contributed by atoms with van der Waals surface area (Å²) in [7, 11) is 0. The zero-order chi connectivity index (χ0) is 17.6. The minimum atomic E-state index is -0.965. The number of para-hydroxylation sites is 2. The van der Waals surface area contributed by atoms with Crippen molar-refractivity contribution in [1.29, 1.82) is 0 Å². The van der Waals surface area contributed by atoms with Crippen LogP contribution in [-0.2, 0) is 14.3 Å². The van der Waals surface area contributed by atoms with Crippen molar-refractivity contribution in [2.45, 2.75) is 6.10 Å². The summed E-state index contributed by atoms with van der Waals surface area (Å²) in [6, 6.07) is 15.2. The SMILES string of the molecule is O=C(COC(=O)[C@H]1COc2ccccc2O1)NC(=O)c1ccccc1. The van der Waals surface area contributed by atoms with E-state index in [1.165, 1.54) is 0 Å². The van der Waals surface area contributed by atoms with Crippen LogP contribution in [0.5, 0.6) is 11.5 Å². The lowest BCUT2D eigenvalue weighted by molar-refractivity contribution is -0.157. The summed E-state index contributed by atoms with van der Waals surface area (Å²) in [6.45, 7) is -0.598. The molecule has 1 aliphatic rings. The quantitative estimate of drug-likeness (QED) is 0.844. The monoisotopic (exact) mass is 341 g/mol. The molecule has 0 aliphatic carbocycles. The molecule has 0 unspecified atom stereocenters. The van der Waals surface area contributed by atoms with Gasteiger partial charge in [0.15, 0.2) is 18.1 Å². The van der Waals surface area contributed by atoms with E-state index in [-0.39, 0.29) is 6.61 Å². The third kappa shape index (κ3) is 4.14. The van der Waals surface area contributed by atoms with Crippen molar-refractivity contribution < 1.29 is 28.6 Å². The van der Waals surface area contributed by atoms with Gasteiger partial charge in [-0.3, -0.25) is 14.9 Å². The van der Waals surface area contributed by atoms with E-state index in [2.05, 4.69) is 5.32 Å². The van der Waals surface area contributed by atoms with Gasteiger partial charge in [0.25, 0.3) is 11.8 Å². The van der Waals surface area contributed by atoms with Gasteiger partial charge in [-0.25, -0.2) is 4.79 Å². The number of benzene rings is 2. The summed E-state index contributed by atoms with van der Waals surface area (Å²) in [5.41, 5.74) is 0.336. The van der Waals surface area contributed by atoms with Crippen LogP contribution in [0, 0.1) is 0 Å². The molecule has 128 valence electrons. The maximum absolute atomic E-state index is 12.0. The van der Waals surface area contributed by atoms with Crippen molar-refractivity contribution in [3.05, 3.63) is 60.2 Å². The Hall–Kier alpha value is -3.35. The zero-order valence-electron chi connectivity index (χ0n) is 13.1. The lowest BCUT2D eigenvalue weighted by Gasteiger charge is -2.24. The Morgan fingerprint density at radius 1 is 1.00 bits per heavy atom. The van der Waals surface area contributed by atoms with E-state index >= 15 is 0 Å². The first-order chi connectivity index (χ1) is 12.1. The molecule has 0 saturated carbocycles. The number of hydrogen-bond acceptors (Lipinski definition) is 6. The molecule has 1 aliphatic heterocycles. The van der Waals surface area contributed by atoms with Gasteiger partial charge in [0, 0.05) is 5.56 Å². The molecule has 0 bridgehead atoms. The highest BCUT2D eigenvalue weighted by Crippen LogP contribution is 2.31. The predicted molar refractivity (Wildman–Crippen MR) is 86.2 cm³/mol. The Morgan fingerprint density at radius 2 is 1.68 bits per heavy atom. The van der Waals surface area contributed by atoms with Crippen LogP contribution in [0.25, 0.3) is 0 Å². The van der Waals surface area contributed by atoms with E-state index in [1.807, 2.05) is 0 Å². The number of esters is 1. The summed E-state index contributed by atoms with van der Waals surface area (Å²) >= 11 is 0. The molecule has 0 radical (unpaired) electrons. The largest absolute Gasteiger partial charge is 0.485 e. The van der Waals surface area contributed by atoms with Crippen LogP contribution in [-0.4, -0.2) is 37.1 Å². The number of carbonyl (C=O) groups is 3. The fourth-order valence-corrected chi connectivity index (χ4v) is 2.19. The van der Waals surface area contributed by atoms with Crippen LogP contribution in [0.3, 0.4) is 0 Å². The molecule has 2 aromatic rings. The van der Waals surface area contributed by atoms with Gasteiger partial charge >= 0.3 is 5.97 Å². The van der Waals surface area contributed by atoms with Crippen LogP contribution in [0.2, 0.25) is 0 Å². The molecule has 2 aromatic carbocycles. The van der Waals surface area contributed by atoms with Crippen LogP contribution >= 0.6 is 0 Å². The second-order valence-electron chi connectivity index (χ2n) is 5.22. The molecule has 0 spiro atoms. The third-order valence-electron chi connectivity index (χ3n) is 3.41. The fourth-order valence-electron chi connectivity index (χ4n) is 2.19. The van der Waals surface area contributed by atoms with Crippen molar-refractivity contribution in [3.63, 3.8) is 0 Å². The number of hydrogen-bond donors (Lipinski definition) is 1. The number of fused-ring (bicyclic) bond motifs is 1. The van der Waals surface area contributed by atoms with Gasteiger partial charge in [0.05, 0.1) is 0 Å². The predicted octanol–water partition coefficient (Wildman–Crippen LogP) is 1.33. The molecule has 7 heteroatoms. The average Bonchev–Trinajstić information content (AvgIpc) is 2.66. The molecule has 25 heavy (non-hydrogen) atoms. The minimum absolute atomic E-state index is 0.0135. The standard InChI is InChI=1S/C18H15NO6/c20-16(19-17(21)12-6-2-1-3-7-12)11-24-18(22)15-10-23-13-8-4-5-9-14(13)25-15/h1-9,15H,10-11H2,(H,19,20,21)/t15-/m1/s1. The summed E-state index contributed by atoms with van der Waals surface area (Å²) in [5.74, 6) is -1.05. The Balaban J connectivity index is 1.48. The molecule has 0 aromatic heterocycles. The summed E-state index contributed by atoms with van der Waals surface area (Å²) in [6.07, 6.45) is -0.965.